The van der Waals surface area contributed by atoms with E-state index >= 15 is 0 Å². The van der Waals surface area contributed by atoms with Gasteiger partial charge in [0.1, 0.15) is 0 Å². The van der Waals surface area contributed by atoms with Crippen molar-refractivity contribution in [3.05, 3.63) is 21.4 Å². The van der Waals surface area contributed by atoms with Gasteiger partial charge in [-0.15, -0.1) is 11.3 Å². The molecule has 90 valence electrons. The SMILES string of the molecule is Cc1cc(C(C)NC2CSC(C)C2)c(C)s1. The van der Waals surface area contributed by atoms with Crippen molar-refractivity contribution in [1.82, 2.24) is 5.32 Å². The molecular weight excluding hydrogens is 234 g/mol. The molecule has 1 fully saturated rings. The molecule has 0 saturated carbocycles. The van der Waals surface area contributed by atoms with Crippen molar-refractivity contribution in [1.29, 1.82) is 0 Å². The van der Waals surface area contributed by atoms with E-state index in [0.29, 0.717) is 12.1 Å². The van der Waals surface area contributed by atoms with Gasteiger partial charge in [0.05, 0.1) is 0 Å². The first kappa shape index (κ1) is 12.5. The number of hydrogen-bond acceptors (Lipinski definition) is 3. The highest BCUT2D eigenvalue weighted by Gasteiger charge is 2.24. The van der Waals surface area contributed by atoms with Gasteiger partial charge in [-0.1, -0.05) is 6.92 Å². The molecule has 0 radical (unpaired) electrons. The van der Waals surface area contributed by atoms with Gasteiger partial charge in [-0.3, -0.25) is 0 Å². The third kappa shape index (κ3) is 2.82. The minimum Gasteiger partial charge on any atom is -0.307 e. The first-order chi connectivity index (χ1) is 7.56. The smallest absolute Gasteiger partial charge is 0.0305 e. The van der Waals surface area contributed by atoms with E-state index in [1.807, 2.05) is 11.3 Å². The molecule has 2 rings (SSSR count). The molecule has 0 aliphatic carbocycles. The van der Waals surface area contributed by atoms with Gasteiger partial charge < -0.3 is 5.32 Å². The van der Waals surface area contributed by atoms with Gasteiger partial charge in [-0.25, -0.2) is 0 Å². The van der Waals surface area contributed by atoms with Gasteiger partial charge in [-0.2, -0.15) is 11.8 Å². The van der Waals surface area contributed by atoms with Crippen LogP contribution in [0.5, 0.6) is 0 Å². The molecular formula is C13H21NS2. The van der Waals surface area contributed by atoms with Crippen LogP contribution in [0, 0.1) is 13.8 Å². The molecule has 0 spiro atoms. The molecule has 1 aliphatic rings. The summed E-state index contributed by atoms with van der Waals surface area (Å²) in [5.41, 5.74) is 1.49. The maximum Gasteiger partial charge on any atom is 0.0305 e. The van der Waals surface area contributed by atoms with Gasteiger partial charge in [0.15, 0.2) is 0 Å². The molecule has 0 amide bonds. The molecule has 1 nitrogen and oxygen atoms in total. The molecule has 1 N–H and O–H groups in total. The van der Waals surface area contributed by atoms with Crippen LogP contribution >= 0.6 is 23.1 Å². The second-order valence-electron chi connectivity index (χ2n) is 4.83. The van der Waals surface area contributed by atoms with Crippen LogP contribution in [0.25, 0.3) is 0 Å². The van der Waals surface area contributed by atoms with Crippen molar-refractivity contribution in [3.63, 3.8) is 0 Å². The van der Waals surface area contributed by atoms with Crippen LogP contribution in [0.15, 0.2) is 6.07 Å². The van der Waals surface area contributed by atoms with Crippen LogP contribution in [0.1, 0.15) is 41.6 Å². The summed E-state index contributed by atoms with van der Waals surface area (Å²) in [4.78, 5) is 2.89. The number of aryl methyl sites for hydroxylation is 2. The highest BCUT2D eigenvalue weighted by atomic mass is 32.2. The van der Waals surface area contributed by atoms with E-state index in [4.69, 9.17) is 0 Å². The van der Waals surface area contributed by atoms with Crippen LogP contribution in [-0.4, -0.2) is 17.0 Å². The fourth-order valence-corrected chi connectivity index (χ4v) is 4.64. The van der Waals surface area contributed by atoms with Crippen LogP contribution in [0.3, 0.4) is 0 Å². The predicted molar refractivity (Wildman–Crippen MR) is 75.7 cm³/mol. The average molecular weight is 255 g/mol. The Hall–Kier alpha value is 0.01000. The molecule has 3 unspecified atom stereocenters. The Morgan fingerprint density at radius 2 is 2.19 bits per heavy atom. The van der Waals surface area contributed by atoms with Crippen molar-refractivity contribution in [2.45, 2.75) is 51.4 Å². The Labute approximate surface area is 107 Å². The molecule has 1 aliphatic heterocycles. The minimum absolute atomic E-state index is 0.501. The number of nitrogens with one attached hydrogen (secondary N) is 1. The van der Waals surface area contributed by atoms with E-state index < -0.39 is 0 Å². The van der Waals surface area contributed by atoms with Crippen molar-refractivity contribution in [2.75, 3.05) is 5.75 Å². The summed E-state index contributed by atoms with van der Waals surface area (Å²) in [6.45, 7) is 9.05. The highest BCUT2D eigenvalue weighted by Crippen LogP contribution is 2.30. The molecule has 2 heterocycles. The second-order valence-corrected chi connectivity index (χ2v) is 7.77. The maximum absolute atomic E-state index is 3.77. The predicted octanol–water partition coefficient (Wildman–Crippen LogP) is 3.91. The van der Waals surface area contributed by atoms with E-state index in [2.05, 4.69) is 50.8 Å². The van der Waals surface area contributed by atoms with Crippen LogP contribution in [0.4, 0.5) is 0 Å². The maximum atomic E-state index is 3.77. The monoisotopic (exact) mass is 255 g/mol. The largest absolute Gasteiger partial charge is 0.307 e. The third-order valence-corrected chi connectivity index (χ3v) is 5.57. The summed E-state index contributed by atoms with van der Waals surface area (Å²) in [5, 5.41) is 4.59. The van der Waals surface area contributed by atoms with Crippen molar-refractivity contribution >= 4 is 23.1 Å². The van der Waals surface area contributed by atoms with Gasteiger partial charge in [0.25, 0.3) is 0 Å². The zero-order valence-corrected chi connectivity index (χ0v) is 12.2. The van der Waals surface area contributed by atoms with Crippen LogP contribution in [0.2, 0.25) is 0 Å². The van der Waals surface area contributed by atoms with Crippen LogP contribution in [-0.2, 0) is 0 Å². The molecule has 16 heavy (non-hydrogen) atoms. The van der Waals surface area contributed by atoms with E-state index in [1.165, 1.54) is 27.5 Å². The third-order valence-electron chi connectivity index (χ3n) is 3.23. The Bertz CT molecular complexity index is 359. The van der Waals surface area contributed by atoms with Crippen LogP contribution < -0.4 is 5.32 Å². The lowest BCUT2D eigenvalue weighted by Crippen LogP contribution is -2.31. The summed E-state index contributed by atoms with van der Waals surface area (Å²) in [7, 11) is 0. The van der Waals surface area contributed by atoms with Gasteiger partial charge >= 0.3 is 0 Å². The van der Waals surface area contributed by atoms with Crippen molar-refractivity contribution < 1.29 is 0 Å². The minimum atomic E-state index is 0.501. The Morgan fingerprint density at radius 1 is 1.44 bits per heavy atom. The Kier molecular flexibility index (Phi) is 3.98. The van der Waals surface area contributed by atoms with E-state index in [-0.39, 0.29) is 0 Å². The zero-order chi connectivity index (χ0) is 11.7. The lowest BCUT2D eigenvalue weighted by molar-refractivity contribution is 0.474. The number of thiophene rings is 1. The summed E-state index contributed by atoms with van der Waals surface area (Å²) in [6.07, 6.45) is 1.32. The normalized spacial score (nSPS) is 27.2. The summed E-state index contributed by atoms with van der Waals surface area (Å²) < 4.78 is 0. The second kappa shape index (κ2) is 5.11. The molecule has 1 aromatic rings. The average Bonchev–Trinajstić information content (AvgIpc) is 2.73. The molecule has 3 heteroatoms. The molecule has 1 saturated heterocycles. The zero-order valence-electron chi connectivity index (χ0n) is 10.5. The lowest BCUT2D eigenvalue weighted by Gasteiger charge is -2.19. The molecule has 0 bridgehead atoms. The highest BCUT2D eigenvalue weighted by molar-refractivity contribution is 8.00. The van der Waals surface area contributed by atoms with E-state index in [9.17, 15) is 0 Å². The quantitative estimate of drug-likeness (QED) is 0.879. The lowest BCUT2D eigenvalue weighted by atomic mass is 10.1. The summed E-state index contributed by atoms with van der Waals surface area (Å²) in [5.74, 6) is 1.27. The molecule has 1 aromatic heterocycles. The number of rotatable bonds is 3. The first-order valence-electron chi connectivity index (χ1n) is 6.01. The van der Waals surface area contributed by atoms with Gasteiger partial charge in [0, 0.05) is 32.8 Å². The van der Waals surface area contributed by atoms with Gasteiger partial charge in [-0.05, 0) is 38.8 Å². The van der Waals surface area contributed by atoms with Gasteiger partial charge in [0.2, 0.25) is 0 Å². The Balaban J connectivity index is 1.97. The van der Waals surface area contributed by atoms with E-state index in [0.717, 1.165) is 5.25 Å². The van der Waals surface area contributed by atoms with Crippen molar-refractivity contribution in [2.24, 2.45) is 0 Å². The fourth-order valence-electron chi connectivity index (χ4n) is 2.46. The Morgan fingerprint density at radius 3 is 2.69 bits per heavy atom. The van der Waals surface area contributed by atoms with E-state index in [1.54, 1.807) is 0 Å². The molecule has 0 aromatic carbocycles. The number of thioether (sulfide) groups is 1. The first-order valence-corrected chi connectivity index (χ1v) is 7.87. The summed E-state index contributed by atoms with van der Waals surface area (Å²) >= 11 is 4.00. The standard InChI is InChI=1S/C13H21NS2/c1-8-5-12(7-15-8)14-10(3)13-6-9(2)16-11(13)4/h6,8,10,12,14H,5,7H2,1-4H3. The summed E-state index contributed by atoms with van der Waals surface area (Å²) in [6, 6.07) is 3.54. The molecule has 3 atom stereocenters. The fraction of sp³-hybridized carbons (Fsp3) is 0.692. The topological polar surface area (TPSA) is 12.0 Å². The number of hydrogen-bond donors (Lipinski definition) is 1. The van der Waals surface area contributed by atoms with Crippen molar-refractivity contribution in [3.8, 4) is 0 Å².